The molecule has 5 nitrogen and oxygen atoms in total. The van der Waals surface area contributed by atoms with E-state index in [2.05, 4.69) is 25.2 Å². The summed E-state index contributed by atoms with van der Waals surface area (Å²) in [5.74, 6) is 2.49. The van der Waals surface area contributed by atoms with Crippen LogP contribution in [0.2, 0.25) is 0 Å². The number of hydrogen-bond donors (Lipinski definition) is 1. The molecule has 2 aromatic carbocycles. The molecule has 0 fully saturated rings. The van der Waals surface area contributed by atoms with Gasteiger partial charge in [-0.3, -0.25) is 4.79 Å². The van der Waals surface area contributed by atoms with Crippen molar-refractivity contribution in [3.8, 4) is 17.2 Å². The first-order valence-corrected chi connectivity index (χ1v) is 10.6. The van der Waals surface area contributed by atoms with Gasteiger partial charge in [0.25, 0.3) is 0 Å². The Bertz CT molecular complexity index is 875. The maximum Gasteiger partial charge on any atom is 0.220 e. The largest absolute Gasteiger partial charge is 0.487 e. The molecule has 2 aliphatic heterocycles. The predicted molar refractivity (Wildman–Crippen MR) is 112 cm³/mol. The number of fused-ring (bicyclic) bond motifs is 2. The quantitative estimate of drug-likeness (QED) is 0.777. The van der Waals surface area contributed by atoms with Gasteiger partial charge in [0.1, 0.15) is 24.6 Å². The Morgan fingerprint density at radius 1 is 1.03 bits per heavy atom. The highest BCUT2D eigenvalue weighted by molar-refractivity contribution is 5.77. The Kier molecular flexibility index (Phi) is 5.65. The third kappa shape index (κ3) is 4.19. The molecule has 2 heterocycles. The molecule has 0 aliphatic carbocycles. The van der Waals surface area contributed by atoms with Gasteiger partial charge >= 0.3 is 0 Å². The van der Waals surface area contributed by atoms with E-state index in [0.717, 1.165) is 47.6 Å². The van der Waals surface area contributed by atoms with Gasteiger partial charge in [-0.25, -0.2) is 0 Å². The van der Waals surface area contributed by atoms with Crippen LogP contribution in [0.25, 0.3) is 0 Å². The lowest BCUT2D eigenvalue weighted by atomic mass is 9.83. The topological polar surface area (TPSA) is 56.8 Å². The minimum Gasteiger partial charge on any atom is -0.487 e. The standard InChI is InChI=1S/C24H29NO4/c1-3-24(4-2)16-19(18-7-5-6-8-20(18)29-24)25-23(26)12-10-17-9-11-21-22(15-17)28-14-13-27-21/h5-9,11,15,19H,3-4,10,12-14,16H2,1-2H3,(H,25,26). The summed E-state index contributed by atoms with van der Waals surface area (Å²) in [7, 11) is 0. The fourth-order valence-corrected chi connectivity index (χ4v) is 4.20. The summed E-state index contributed by atoms with van der Waals surface area (Å²) in [5.41, 5.74) is 1.92. The van der Waals surface area contributed by atoms with Crippen LogP contribution in [0.4, 0.5) is 0 Å². The van der Waals surface area contributed by atoms with Crippen LogP contribution < -0.4 is 19.5 Å². The van der Waals surface area contributed by atoms with Gasteiger partial charge in [-0.2, -0.15) is 0 Å². The van der Waals surface area contributed by atoms with Gasteiger partial charge in [0.2, 0.25) is 5.91 Å². The lowest BCUT2D eigenvalue weighted by Gasteiger charge is -2.41. The van der Waals surface area contributed by atoms with Crippen LogP contribution in [0, 0.1) is 0 Å². The number of carbonyl (C=O) groups excluding carboxylic acids is 1. The van der Waals surface area contributed by atoms with Crippen LogP contribution in [0.1, 0.15) is 56.7 Å². The molecular weight excluding hydrogens is 366 g/mol. The Hall–Kier alpha value is -2.69. The van der Waals surface area contributed by atoms with Gasteiger partial charge in [0.05, 0.1) is 6.04 Å². The van der Waals surface area contributed by atoms with Crippen molar-refractivity contribution < 1.29 is 19.0 Å². The van der Waals surface area contributed by atoms with Gasteiger partial charge in [-0.15, -0.1) is 0 Å². The van der Waals surface area contributed by atoms with Crippen molar-refractivity contribution >= 4 is 5.91 Å². The van der Waals surface area contributed by atoms with Gasteiger partial charge in [-0.1, -0.05) is 38.1 Å². The third-order valence-electron chi connectivity index (χ3n) is 6.07. The van der Waals surface area contributed by atoms with E-state index in [1.165, 1.54) is 0 Å². The van der Waals surface area contributed by atoms with E-state index in [1.54, 1.807) is 0 Å². The molecule has 0 bridgehead atoms. The highest BCUT2D eigenvalue weighted by Gasteiger charge is 2.38. The molecule has 1 atom stereocenters. The normalized spacial score (nSPS) is 19.0. The monoisotopic (exact) mass is 395 g/mol. The number of para-hydroxylation sites is 1. The zero-order valence-electron chi connectivity index (χ0n) is 17.2. The zero-order valence-corrected chi connectivity index (χ0v) is 17.2. The molecule has 1 amide bonds. The van der Waals surface area contributed by atoms with Crippen molar-refractivity contribution in [1.82, 2.24) is 5.32 Å². The van der Waals surface area contributed by atoms with Crippen molar-refractivity contribution in [2.75, 3.05) is 13.2 Å². The molecule has 29 heavy (non-hydrogen) atoms. The number of hydrogen-bond acceptors (Lipinski definition) is 4. The maximum absolute atomic E-state index is 12.8. The van der Waals surface area contributed by atoms with Crippen molar-refractivity contribution in [2.45, 2.75) is 57.6 Å². The van der Waals surface area contributed by atoms with Gasteiger partial charge < -0.3 is 19.5 Å². The molecule has 2 aromatic rings. The summed E-state index contributed by atoms with van der Waals surface area (Å²) >= 11 is 0. The van der Waals surface area contributed by atoms with Crippen LogP contribution in [0.15, 0.2) is 42.5 Å². The molecule has 0 radical (unpaired) electrons. The first-order valence-electron chi connectivity index (χ1n) is 10.6. The Morgan fingerprint density at radius 3 is 2.59 bits per heavy atom. The highest BCUT2D eigenvalue weighted by atomic mass is 16.6. The van der Waals surface area contributed by atoms with E-state index in [0.29, 0.717) is 26.1 Å². The van der Waals surface area contributed by atoms with E-state index >= 15 is 0 Å². The average Bonchev–Trinajstić information content (AvgIpc) is 2.77. The summed E-state index contributed by atoms with van der Waals surface area (Å²) in [6.45, 7) is 5.45. The Morgan fingerprint density at radius 2 is 1.79 bits per heavy atom. The van der Waals surface area contributed by atoms with Crippen LogP contribution >= 0.6 is 0 Å². The predicted octanol–water partition coefficient (Wildman–Crippen LogP) is 4.59. The Balaban J connectivity index is 1.42. The number of ether oxygens (including phenoxy) is 3. The molecular formula is C24H29NO4. The van der Waals surface area contributed by atoms with E-state index in [9.17, 15) is 4.79 Å². The minimum absolute atomic E-state index is 0.0207. The van der Waals surface area contributed by atoms with E-state index in [1.807, 2.05) is 36.4 Å². The summed E-state index contributed by atoms with van der Waals surface area (Å²) in [4.78, 5) is 12.8. The van der Waals surface area contributed by atoms with Crippen molar-refractivity contribution in [2.24, 2.45) is 0 Å². The number of carbonyl (C=O) groups is 1. The third-order valence-corrected chi connectivity index (χ3v) is 6.07. The smallest absolute Gasteiger partial charge is 0.220 e. The number of benzene rings is 2. The SMILES string of the molecule is CCC1(CC)CC(NC(=O)CCc2ccc3c(c2)OCCO3)c2ccccc2O1. The first kappa shape index (κ1) is 19.6. The van der Waals surface area contributed by atoms with Crippen LogP contribution in [-0.4, -0.2) is 24.7 Å². The second kappa shape index (κ2) is 8.36. The van der Waals surface area contributed by atoms with E-state index in [4.69, 9.17) is 14.2 Å². The van der Waals surface area contributed by atoms with Crippen LogP contribution in [0.3, 0.4) is 0 Å². The number of rotatable bonds is 6. The van der Waals surface area contributed by atoms with Gasteiger partial charge in [0, 0.05) is 18.4 Å². The molecule has 1 N–H and O–H groups in total. The summed E-state index contributed by atoms with van der Waals surface area (Å²) in [6, 6.07) is 13.9. The molecule has 2 aliphatic rings. The zero-order chi connectivity index (χ0) is 20.3. The minimum atomic E-state index is -0.220. The van der Waals surface area contributed by atoms with Crippen molar-refractivity contribution in [3.63, 3.8) is 0 Å². The van der Waals surface area contributed by atoms with Crippen molar-refractivity contribution in [3.05, 3.63) is 53.6 Å². The highest BCUT2D eigenvalue weighted by Crippen LogP contribution is 2.42. The molecule has 0 spiro atoms. The lowest BCUT2D eigenvalue weighted by molar-refractivity contribution is -0.122. The second-order valence-electron chi connectivity index (χ2n) is 7.83. The van der Waals surface area contributed by atoms with Crippen LogP contribution in [-0.2, 0) is 11.2 Å². The summed E-state index contributed by atoms with van der Waals surface area (Å²) < 4.78 is 17.5. The van der Waals surface area contributed by atoms with Gasteiger partial charge in [-0.05, 0) is 43.0 Å². The summed E-state index contributed by atoms with van der Waals surface area (Å²) in [5, 5.41) is 3.26. The van der Waals surface area contributed by atoms with Crippen molar-refractivity contribution in [1.29, 1.82) is 0 Å². The summed E-state index contributed by atoms with van der Waals surface area (Å²) in [6.07, 6.45) is 3.74. The van der Waals surface area contributed by atoms with E-state index < -0.39 is 0 Å². The molecule has 0 saturated heterocycles. The molecule has 0 saturated carbocycles. The van der Waals surface area contributed by atoms with Crippen LogP contribution in [0.5, 0.6) is 17.2 Å². The number of aryl methyl sites for hydroxylation is 1. The average molecular weight is 395 g/mol. The molecule has 5 heteroatoms. The van der Waals surface area contributed by atoms with E-state index in [-0.39, 0.29) is 17.6 Å². The first-order chi connectivity index (χ1) is 14.1. The fourth-order valence-electron chi connectivity index (χ4n) is 4.20. The number of amides is 1. The Labute approximate surface area is 172 Å². The second-order valence-corrected chi connectivity index (χ2v) is 7.83. The molecule has 4 rings (SSSR count). The molecule has 0 aromatic heterocycles. The fraction of sp³-hybridized carbons (Fsp3) is 0.458. The maximum atomic E-state index is 12.8. The molecule has 1 unspecified atom stereocenters. The lowest BCUT2D eigenvalue weighted by Crippen LogP contribution is -2.44. The number of nitrogens with one attached hydrogen (secondary N) is 1. The molecule has 154 valence electrons. The van der Waals surface area contributed by atoms with Gasteiger partial charge in [0.15, 0.2) is 11.5 Å².